The van der Waals surface area contributed by atoms with E-state index in [1.54, 1.807) is 0 Å². The van der Waals surface area contributed by atoms with Gasteiger partial charge in [-0.25, -0.2) is 4.79 Å². The van der Waals surface area contributed by atoms with Gasteiger partial charge in [-0.1, -0.05) is 84.0 Å². The van der Waals surface area contributed by atoms with E-state index >= 15 is 0 Å². The minimum Gasteiger partial charge on any atom is -0.477 e. The highest BCUT2D eigenvalue weighted by atomic mass is 16.5. The molecule has 0 aromatic carbocycles. The molecule has 4 heteroatoms. The van der Waals surface area contributed by atoms with Crippen LogP contribution >= 0.6 is 0 Å². The molecule has 1 heterocycles. The standard InChI is InChI=1S/C22H43NO3/c1-2-3-4-5-6-7-8-9-10-11-12-13-14-15-16-23(21-22(24)25)17-19-26-20-18-23/h2-21H2,1H3/p+1. The number of morpholine rings is 1. The zero-order valence-corrected chi connectivity index (χ0v) is 17.4. The van der Waals surface area contributed by atoms with Crippen LogP contribution in [0.15, 0.2) is 0 Å². The Hall–Kier alpha value is -0.610. The minimum atomic E-state index is -0.669. The number of ether oxygens (including phenoxy) is 1. The van der Waals surface area contributed by atoms with E-state index in [0.29, 0.717) is 13.2 Å². The van der Waals surface area contributed by atoms with Crippen LogP contribution in [0.25, 0.3) is 0 Å². The molecule has 26 heavy (non-hydrogen) atoms. The van der Waals surface area contributed by atoms with Crippen molar-refractivity contribution in [3.63, 3.8) is 0 Å². The highest BCUT2D eigenvalue weighted by Gasteiger charge is 2.32. The lowest BCUT2D eigenvalue weighted by Gasteiger charge is -2.40. The molecule has 1 rings (SSSR count). The molecule has 0 aliphatic carbocycles. The average Bonchev–Trinajstić information content (AvgIpc) is 2.62. The molecule has 1 fully saturated rings. The second kappa shape index (κ2) is 15.4. The van der Waals surface area contributed by atoms with Crippen molar-refractivity contribution in [3.8, 4) is 0 Å². The van der Waals surface area contributed by atoms with Crippen LogP contribution < -0.4 is 0 Å². The van der Waals surface area contributed by atoms with Crippen molar-refractivity contribution >= 4 is 5.97 Å². The van der Waals surface area contributed by atoms with Crippen molar-refractivity contribution in [3.05, 3.63) is 0 Å². The molecule has 1 aliphatic heterocycles. The van der Waals surface area contributed by atoms with E-state index in [1.807, 2.05) is 0 Å². The Morgan fingerprint density at radius 2 is 1.19 bits per heavy atom. The molecule has 0 saturated carbocycles. The van der Waals surface area contributed by atoms with Crippen molar-refractivity contribution in [2.24, 2.45) is 0 Å². The third-order valence-electron chi connectivity index (χ3n) is 5.88. The van der Waals surface area contributed by atoms with Gasteiger partial charge in [0, 0.05) is 0 Å². The summed E-state index contributed by atoms with van der Waals surface area (Å²) in [6, 6.07) is 0. The Bertz CT molecular complexity index is 340. The zero-order chi connectivity index (χ0) is 18.9. The van der Waals surface area contributed by atoms with E-state index in [4.69, 9.17) is 4.74 Å². The molecule has 0 aromatic rings. The summed E-state index contributed by atoms with van der Waals surface area (Å²) in [6.45, 7) is 6.71. The van der Waals surface area contributed by atoms with Crippen LogP contribution in [0.1, 0.15) is 96.8 Å². The Morgan fingerprint density at radius 3 is 1.62 bits per heavy atom. The Morgan fingerprint density at radius 1 is 0.769 bits per heavy atom. The van der Waals surface area contributed by atoms with Crippen LogP contribution in [0.4, 0.5) is 0 Å². The number of aliphatic carboxylic acids is 1. The fraction of sp³-hybridized carbons (Fsp3) is 0.955. The quantitative estimate of drug-likeness (QED) is 0.275. The predicted molar refractivity (Wildman–Crippen MR) is 108 cm³/mol. The van der Waals surface area contributed by atoms with Gasteiger partial charge in [-0.15, -0.1) is 0 Å². The molecule has 0 atom stereocenters. The summed E-state index contributed by atoms with van der Waals surface area (Å²) in [5.41, 5.74) is 0. The lowest BCUT2D eigenvalue weighted by Crippen LogP contribution is -2.57. The number of carboxylic acids is 1. The van der Waals surface area contributed by atoms with Gasteiger partial charge in [-0.3, -0.25) is 0 Å². The Balaban J connectivity index is 1.91. The summed E-state index contributed by atoms with van der Waals surface area (Å²) >= 11 is 0. The lowest BCUT2D eigenvalue weighted by atomic mass is 10.0. The van der Waals surface area contributed by atoms with Crippen LogP contribution in [0.2, 0.25) is 0 Å². The molecule has 1 saturated heterocycles. The van der Waals surface area contributed by atoms with Crippen LogP contribution in [-0.4, -0.2) is 55.0 Å². The van der Waals surface area contributed by atoms with Crippen LogP contribution in [0.5, 0.6) is 0 Å². The van der Waals surface area contributed by atoms with E-state index in [2.05, 4.69) is 6.92 Å². The smallest absolute Gasteiger partial charge is 0.359 e. The van der Waals surface area contributed by atoms with Gasteiger partial charge in [0.05, 0.1) is 19.8 Å². The molecule has 0 unspecified atom stereocenters. The predicted octanol–water partition coefficient (Wildman–Crippen LogP) is 5.40. The Kier molecular flexibility index (Phi) is 13.9. The third-order valence-corrected chi connectivity index (χ3v) is 5.88. The molecule has 0 aromatic heterocycles. The fourth-order valence-corrected chi connectivity index (χ4v) is 4.12. The Labute approximate surface area is 161 Å². The number of hydrogen-bond donors (Lipinski definition) is 1. The molecular formula is C22H44NO3+. The molecule has 1 aliphatic rings. The van der Waals surface area contributed by atoms with Gasteiger partial charge in [-0.2, -0.15) is 0 Å². The minimum absolute atomic E-state index is 0.266. The van der Waals surface area contributed by atoms with Crippen molar-refractivity contribution in [1.29, 1.82) is 0 Å². The molecule has 0 spiro atoms. The first-order valence-corrected chi connectivity index (χ1v) is 11.3. The van der Waals surface area contributed by atoms with E-state index in [-0.39, 0.29) is 6.54 Å². The van der Waals surface area contributed by atoms with Crippen molar-refractivity contribution < 1.29 is 19.1 Å². The maximum absolute atomic E-state index is 11.2. The van der Waals surface area contributed by atoms with Gasteiger partial charge in [0.15, 0.2) is 6.54 Å². The highest BCUT2D eigenvalue weighted by Crippen LogP contribution is 2.16. The molecule has 154 valence electrons. The first-order valence-electron chi connectivity index (χ1n) is 11.3. The summed E-state index contributed by atoms with van der Waals surface area (Å²) in [5.74, 6) is -0.669. The van der Waals surface area contributed by atoms with Crippen LogP contribution in [-0.2, 0) is 9.53 Å². The monoisotopic (exact) mass is 370 g/mol. The van der Waals surface area contributed by atoms with Gasteiger partial charge in [0.1, 0.15) is 13.1 Å². The van der Waals surface area contributed by atoms with E-state index in [1.165, 1.54) is 83.5 Å². The normalized spacial score (nSPS) is 16.7. The second-order valence-corrected chi connectivity index (χ2v) is 8.27. The number of nitrogens with zero attached hydrogens (tertiary/aromatic N) is 1. The maximum Gasteiger partial charge on any atom is 0.359 e. The zero-order valence-electron chi connectivity index (χ0n) is 17.4. The average molecular weight is 371 g/mol. The van der Waals surface area contributed by atoms with Gasteiger partial charge in [0.25, 0.3) is 0 Å². The molecule has 0 bridgehead atoms. The molecule has 1 N–H and O–H groups in total. The highest BCUT2D eigenvalue weighted by molar-refractivity contribution is 5.67. The topological polar surface area (TPSA) is 46.5 Å². The number of hydrogen-bond acceptors (Lipinski definition) is 2. The van der Waals surface area contributed by atoms with Gasteiger partial charge in [-0.05, 0) is 12.8 Å². The fourth-order valence-electron chi connectivity index (χ4n) is 4.12. The van der Waals surface area contributed by atoms with Crippen molar-refractivity contribution in [2.75, 3.05) is 39.4 Å². The lowest BCUT2D eigenvalue weighted by molar-refractivity contribution is -0.928. The van der Waals surface area contributed by atoms with Crippen molar-refractivity contribution in [1.82, 2.24) is 0 Å². The molecule has 4 nitrogen and oxygen atoms in total. The number of unbranched alkanes of at least 4 members (excludes halogenated alkanes) is 13. The summed E-state index contributed by atoms with van der Waals surface area (Å²) in [4.78, 5) is 11.2. The third kappa shape index (κ3) is 11.9. The summed E-state index contributed by atoms with van der Waals surface area (Å²) in [6.07, 6.45) is 19.1. The van der Waals surface area contributed by atoms with Gasteiger partial charge >= 0.3 is 5.97 Å². The van der Waals surface area contributed by atoms with Gasteiger partial charge < -0.3 is 14.3 Å². The summed E-state index contributed by atoms with van der Waals surface area (Å²) in [7, 11) is 0. The molecule has 0 radical (unpaired) electrons. The maximum atomic E-state index is 11.2. The van der Waals surface area contributed by atoms with Crippen molar-refractivity contribution in [2.45, 2.75) is 96.8 Å². The second-order valence-electron chi connectivity index (χ2n) is 8.27. The first kappa shape index (κ1) is 23.4. The van der Waals surface area contributed by atoms with E-state index in [9.17, 15) is 9.90 Å². The van der Waals surface area contributed by atoms with E-state index < -0.39 is 5.97 Å². The SMILES string of the molecule is CCCCCCCCCCCCCCCC[N+]1(CC(=O)O)CCOCC1. The van der Waals surface area contributed by atoms with Gasteiger partial charge in [0.2, 0.25) is 0 Å². The van der Waals surface area contributed by atoms with E-state index in [0.717, 1.165) is 30.5 Å². The van der Waals surface area contributed by atoms with Crippen LogP contribution in [0, 0.1) is 0 Å². The molecular weight excluding hydrogens is 326 g/mol. The van der Waals surface area contributed by atoms with Crippen LogP contribution in [0.3, 0.4) is 0 Å². The number of quaternary nitrogens is 1. The number of rotatable bonds is 17. The largest absolute Gasteiger partial charge is 0.477 e. The number of carbonyl (C=O) groups is 1. The summed E-state index contributed by atoms with van der Waals surface area (Å²) in [5, 5.41) is 9.19. The molecule has 0 amide bonds. The number of carboxylic acid groups (broad SMARTS) is 1. The first-order chi connectivity index (χ1) is 12.7. The summed E-state index contributed by atoms with van der Waals surface area (Å²) < 4.78 is 6.15.